The number of alkyl halides is 3. The van der Waals surface area contributed by atoms with Crippen LogP contribution in [0.2, 0.25) is 0 Å². The van der Waals surface area contributed by atoms with E-state index in [-0.39, 0.29) is 11.2 Å². The van der Waals surface area contributed by atoms with Crippen LogP contribution in [0.1, 0.15) is 26.7 Å². The quantitative estimate of drug-likeness (QED) is 0.317. The van der Waals surface area contributed by atoms with Gasteiger partial charge in [0.1, 0.15) is 5.75 Å². The van der Waals surface area contributed by atoms with E-state index in [0.29, 0.717) is 18.4 Å². The highest BCUT2D eigenvalue weighted by Gasteiger charge is 2.42. The SMILES string of the molecule is C=N/C=C(/C=O)C=NCCC1(CCNC)CN(c2ccc(OC(F)(F)F)cc2)C1.CC. The molecule has 1 N–H and O–H groups in total. The van der Waals surface area contributed by atoms with Crippen molar-refractivity contribution in [2.24, 2.45) is 15.4 Å². The van der Waals surface area contributed by atoms with Crippen molar-refractivity contribution in [3.05, 3.63) is 36.0 Å². The number of anilines is 1. The first-order valence-corrected chi connectivity index (χ1v) is 10.2. The Bertz CT molecular complexity index is 740. The van der Waals surface area contributed by atoms with Crippen LogP contribution in [0.4, 0.5) is 18.9 Å². The predicted molar refractivity (Wildman–Crippen MR) is 119 cm³/mol. The number of aliphatic imine (C=N–C) groups is 2. The zero-order chi connectivity index (χ0) is 23.3. The Hall–Kier alpha value is -2.68. The molecule has 0 spiro atoms. The van der Waals surface area contributed by atoms with Gasteiger partial charge in [-0.3, -0.25) is 14.8 Å². The van der Waals surface area contributed by atoms with Gasteiger partial charge in [-0.2, -0.15) is 0 Å². The Labute approximate surface area is 181 Å². The molecule has 0 aliphatic carbocycles. The Kier molecular flexibility index (Phi) is 11.0. The van der Waals surface area contributed by atoms with Crippen LogP contribution in [0, 0.1) is 5.41 Å². The predicted octanol–water partition coefficient (Wildman–Crippen LogP) is 4.27. The Morgan fingerprint density at radius 3 is 2.42 bits per heavy atom. The molecule has 172 valence electrons. The number of aldehydes is 1. The van der Waals surface area contributed by atoms with Gasteiger partial charge in [0, 0.05) is 43.2 Å². The lowest BCUT2D eigenvalue weighted by Crippen LogP contribution is -2.57. The van der Waals surface area contributed by atoms with Gasteiger partial charge >= 0.3 is 6.36 Å². The van der Waals surface area contributed by atoms with Crippen molar-refractivity contribution in [2.75, 3.05) is 38.1 Å². The summed E-state index contributed by atoms with van der Waals surface area (Å²) in [4.78, 5) is 20.8. The second-order valence-corrected chi connectivity index (χ2v) is 6.97. The van der Waals surface area contributed by atoms with Crippen molar-refractivity contribution >= 4 is 24.9 Å². The number of nitrogens with one attached hydrogen (secondary N) is 1. The molecule has 1 saturated heterocycles. The van der Waals surface area contributed by atoms with Gasteiger partial charge in [-0.05, 0) is 57.4 Å². The monoisotopic (exact) mass is 440 g/mol. The highest BCUT2D eigenvalue weighted by atomic mass is 19.4. The minimum Gasteiger partial charge on any atom is -0.406 e. The molecule has 31 heavy (non-hydrogen) atoms. The molecule has 1 aliphatic heterocycles. The van der Waals surface area contributed by atoms with Gasteiger partial charge in [0.15, 0.2) is 6.29 Å². The maximum absolute atomic E-state index is 12.3. The van der Waals surface area contributed by atoms with E-state index in [2.05, 4.69) is 31.7 Å². The zero-order valence-electron chi connectivity index (χ0n) is 18.3. The van der Waals surface area contributed by atoms with Crippen LogP contribution in [-0.4, -0.2) is 58.8 Å². The molecule has 2 rings (SSSR count). The first-order valence-electron chi connectivity index (χ1n) is 10.2. The summed E-state index contributed by atoms with van der Waals surface area (Å²) in [5.41, 5.74) is 1.27. The molecule has 1 aliphatic rings. The molecule has 1 fully saturated rings. The maximum Gasteiger partial charge on any atom is 0.573 e. The fraction of sp³-hybridized carbons (Fsp3) is 0.500. The molecule has 1 heterocycles. The molecule has 0 amide bonds. The van der Waals surface area contributed by atoms with Gasteiger partial charge in [-0.1, -0.05) is 13.8 Å². The van der Waals surface area contributed by atoms with E-state index >= 15 is 0 Å². The lowest BCUT2D eigenvalue weighted by molar-refractivity contribution is -0.274. The third-order valence-corrected chi connectivity index (χ3v) is 4.78. The van der Waals surface area contributed by atoms with E-state index in [9.17, 15) is 18.0 Å². The molecule has 0 aromatic heterocycles. The molecule has 1 aromatic carbocycles. The maximum atomic E-state index is 12.3. The average molecular weight is 441 g/mol. The van der Waals surface area contributed by atoms with Crippen LogP contribution in [0.15, 0.2) is 46.0 Å². The summed E-state index contributed by atoms with van der Waals surface area (Å²) in [6, 6.07) is 5.90. The molecule has 9 heteroatoms. The average Bonchev–Trinajstić information content (AvgIpc) is 2.72. The number of rotatable bonds is 11. The van der Waals surface area contributed by atoms with Gasteiger partial charge in [0.05, 0.1) is 5.57 Å². The van der Waals surface area contributed by atoms with Crippen molar-refractivity contribution in [1.29, 1.82) is 0 Å². The second-order valence-electron chi connectivity index (χ2n) is 6.97. The third-order valence-electron chi connectivity index (χ3n) is 4.78. The summed E-state index contributed by atoms with van der Waals surface area (Å²) in [7, 11) is 1.89. The Morgan fingerprint density at radius 2 is 1.90 bits per heavy atom. The summed E-state index contributed by atoms with van der Waals surface area (Å²) in [5.74, 6) is -0.231. The van der Waals surface area contributed by atoms with E-state index in [1.807, 2.05) is 20.9 Å². The van der Waals surface area contributed by atoms with E-state index in [0.717, 1.165) is 38.2 Å². The molecule has 0 saturated carbocycles. The number of nitrogens with zero attached hydrogens (tertiary/aromatic N) is 3. The highest BCUT2D eigenvalue weighted by Crippen LogP contribution is 2.40. The van der Waals surface area contributed by atoms with Gasteiger partial charge < -0.3 is 15.0 Å². The van der Waals surface area contributed by atoms with Crippen molar-refractivity contribution in [3.63, 3.8) is 0 Å². The Balaban J connectivity index is 0.00000233. The summed E-state index contributed by atoms with van der Waals surface area (Å²) in [6.07, 6.45) is 0.613. The number of halogens is 3. The molecular formula is C22H31F3N4O2. The van der Waals surface area contributed by atoms with Crippen molar-refractivity contribution < 1.29 is 22.7 Å². The van der Waals surface area contributed by atoms with E-state index in [1.54, 1.807) is 12.1 Å². The number of benzene rings is 1. The normalized spacial score (nSPS) is 15.7. The topological polar surface area (TPSA) is 66.3 Å². The van der Waals surface area contributed by atoms with Crippen LogP contribution in [-0.2, 0) is 4.79 Å². The number of hydrogen-bond donors (Lipinski definition) is 1. The van der Waals surface area contributed by atoms with E-state index in [1.165, 1.54) is 24.5 Å². The first-order chi connectivity index (χ1) is 14.8. The van der Waals surface area contributed by atoms with Gasteiger partial charge in [0.2, 0.25) is 0 Å². The van der Waals surface area contributed by atoms with Crippen LogP contribution in [0.25, 0.3) is 0 Å². The fourth-order valence-electron chi connectivity index (χ4n) is 3.31. The zero-order valence-corrected chi connectivity index (χ0v) is 18.3. The minimum atomic E-state index is -4.69. The molecular weight excluding hydrogens is 409 g/mol. The third kappa shape index (κ3) is 8.92. The molecule has 0 bridgehead atoms. The summed E-state index contributed by atoms with van der Waals surface area (Å²) >= 11 is 0. The standard InChI is InChI=1S/C20H25F3N4O2.C2H6/c1-24-9-7-19(8-10-26-12-16(13-28)11-25-2)14-27(15-19)17-3-5-18(6-4-17)29-20(21,22)23;1-2/h3-6,11-13,24H,2,7-10,14-15H2,1H3;1-2H3/b16-11+,26-12?;. The summed E-state index contributed by atoms with van der Waals surface area (Å²) in [6.45, 7) is 10.3. The summed E-state index contributed by atoms with van der Waals surface area (Å²) < 4.78 is 40.8. The van der Waals surface area contributed by atoms with Crippen LogP contribution in [0.5, 0.6) is 5.75 Å². The van der Waals surface area contributed by atoms with Crippen LogP contribution >= 0.6 is 0 Å². The molecule has 0 atom stereocenters. The van der Waals surface area contributed by atoms with Gasteiger partial charge in [-0.25, -0.2) is 0 Å². The van der Waals surface area contributed by atoms with Crippen LogP contribution < -0.4 is 15.0 Å². The fourth-order valence-corrected chi connectivity index (χ4v) is 3.31. The number of carbonyl (C=O) groups excluding carboxylic acids is 1. The van der Waals surface area contributed by atoms with Gasteiger partial charge in [0.25, 0.3) is 0 Å². The lowest BCUT2D eigenvalue weighted by Gasteiger charge is -2.52. The number of ether oxygens (including phenoxy) is 1. The molecule has 0 unspecified atom stereocenters. The Morgan fingerprint density at radius 1 is 1.26 bits per heavy atom. The number of hydrogen-bond acceptors (Lipinski definition) is 6. The molecule has 6 nitrogen and oxygen atoms in total. The summed E-state index contributed by atoms with van der Waals surface area (Å²) in [5, 5.41) is 3.16. The van der Waals surface area contributed by atoms with E-state index in [4.69, 9.17) is 0 Å². The lowest BCUT2D eigenvalue weighted by atomic mass is 9.73. The first kappa shape index (κ1) is 26.4. The van der Waals surface area contributed by atoms with Crippen LogP contribution in [0.3, 0.4) is 0 Å². The smallest absolute Gasteiger partial charge is 0.406 e. The van der Waals surface area contributed by atoms with Crippen molar-refractivity contribution in [3.8, 4) is 5.75 Å². The minimum absolute atomic E-state index is 0.0588. The van der Waals surface area contributed by atoms with Crippen molar-refractivity contribution in [2.45, 2.75) is 33.1 Å². The molecule has 0 radical (unpaired) electrons. The number of carbonyl (C=O) groups is 1. The largest absolute Gasteiger partial charge is 0.573 e. The van der Waals surface area contributed by atoms with Gasteiger partial charge in [-0.15, -0.1) is 13.2 Å². The second kappa shape index (κ2) is 12.9. The van der Waals surface area contributed by atoms with E-state index < -0.39 is 6.36 Å². The number of allylic oxidation sites excluding steroid dienone is 1. The molecule has 1 aromatic rings. The van der Waals surface area contributed by atoms with Crippen molar-refractivity contribution in [1.82, 2.24) is 5.32 Å². The highest BCUT2D eigenvalue weighted by molar-refractivity contribution is 6.01.